The molecule has 3 N–H and O–H groups in total. The Kier molecular flexibility index (Phi) is 5.26. The highest BCUT2D eigenvalue weighted by atomic mass is 35.5. The lowest BCUT2D eigenvalue weighted by Gasteiger charge is -2.14. The summed E-state index contributed by atoms with van der Waals surface area (Å²) in [5.74, 6) is 1.69. The van der Waals surface area contributed by atoms with E-state index >= 15 is 0 Å². The van der Waals surface area contributed by atoms with E-state index in [0.717, 1.165) is 51.7 Å². The van der Waals surface area contributed by atoms with Crippen LogP contribution in [0.25, 0.3) is 21.9 Å². The van der Waals surface area contributed by atoms with Gasteiger partial charge in [-0.2, -0.15) is 0 Å². The largest absolute Gasteiger partial charge is 0.340 e. The predicted octanol–water partition coefficient (Wildman–Crippen LogP) is 5.34. The van der Waals surface area contributed by atoms with E-state index in [1.165, 1.54) is 11.1 Å². The van der Waals surface area contributed by atoms with Crippen molar-refractivity contribution in [1.82, 2.24) is 19.5 Å². The third-order valence-corrected chi connectivity index (χ3v) is 7.97. The summed E-state index contributed by atoms with van der Waals surface area (Å²) >= 11 is 6.37. The number of imidazole rings is 1. The van der Waals surface area contributed by atoms with E-state index in [1.807, 2.05) is 31.3 Å². The van der Waals surface area contributed by atoms with E-state index in [4.69, 9.17) is 16.6 Å². The van der Waals surface area contributed by atoms with E-state index in [-0.39, 0.29) is 17.7 Å². The van der Waals surface area contributed by atoms with E-state index < -0.39 is 0 Å². The number of nitrogens with one attached hydrogen (secondary N) is 3. The molecule has 190 valence electrons. The molecule has 9 heteroatoms. The lowest BCUT2D eigenvalue weighted by Crippen LogP contribution is -2.18. The van der Waals surface area contributed by atoms with Crippen LogP contribution in [0.1, 0.15) is 47.3 Å². The average Bonchev–Trinajstić information content (AvgIpc) is 3.59. The van der Waals surface area contributed by atoms with Crippen LogP contribution in [0.5, 0.6) is 0 Å². The molecule has 0 fully saturated rings. The first kappa shape index (κ1) is 23.0. The van der Waals surface area contributed by atoms with Crippen LogP contribution in [-0.2, 0) is 35.4 Å². The number of nitrogens with zero attached hydrogens (tertiary/aromatic N) is 3. The number of carbonyl (C=O) groups is 2. The van der Waals surface area contributed by atoms with E-state index in [9.17, 15) is 9.59 Å². The highest BCUT2D eigenvalue weighted by molar-refractivity contribution is 6.36. The topological polar surface area (TPSA) is 105 Å². The number of rotatable bonds is 5. The van der Waals surface area contributed by atoms with Gasteiger partial charge in [0.2, 0.25) is 11.8 Å². The Balaban J connectivity index is 1.17. The van der Waals surface area contributed by atoms with E-state index in [2.05, 4.69) is 43.4 Å². The van der Waals surface area contributed by atoms with Crippen molar-refractivity contribution in [2.45, 2.75) is 45.1 Å². The maximum Gasteiger partial charge on any atom is 0.228 e. The summed E-state index contributed by atoms with van der Waals surface area (Å²) in [6.45, 7) is 2.40. The van der Waals surface area contributed by atoms with Gasteiger partial charge in [0, 0.05) is 24.2 Å². The number of pyridine rings is 1. The summed E-state index contributed by atoms with van der Waals surface area (Å²) in [4.78, 5) is 37.0. The first-order valence-corrected chi connectivity index (χ1v) is 13.2. The molecule has 2 aliphatic rings. The maximum absolute atomic E-state index is 12.2. The van der Waals surface area contributed by atoms with Gasteiger partial charge in [0.15, 0.2) is 0 Å². The molecule has 2 amide bonds. The number of amides is 2. The summed E-state index contributed by atoms with van der Waals surface area (Å²) in [6, 6.07) is 12.2. The Morgan fingerprint density at radius 2 is 2.03 bits per heavy atom. The zero-order valence-electron chi connectivity index (χ0n) is 20.8. The molecule has 1 aliphatic carbocycles. The normalized spacial score (nSPS) is 14.7. The van der Waals surface area contributed by atoms with Crippen LogP contribution in [0.3, 0.4) is 0 Å². The van der Waals surface area contributed by atoms with Gasteiger partial charge in [-0.1, -0.05) is 24.6 Å². The number of anilines is 2. The van der Waals surface area contributed by atoms with Crippen molar-refractivity contribution in [1.29, 1.82) is 0 Å². The van der Waals surface area contributed by atoms with Gasteiger partial charge in [-0.15, -0.1) is 0 Å². The molecular formula is C29H25ClN6O2. The number of hydrogen-bond acceptors (Lipinski definition) is 4. The van der Waals surface area contributed by atoms with E-state index in [0.29, 0.717) is 35.9 Å². The molecule has 38 heavy (non-hydrogen) atoms. The average molecular weight is 525 g/mol. The Morgan fingerprint density at radius 3 is 2.87 bits per heavy atom. The second kappa shape index (κ2) is 8.70. The molecule has 7 rings (SSSR count). The molecule has 1 atom stereocenters. The van der Waals surface area contributed by atoms with Crippen molar-refractivity contribution in [3.8, 4) is 0 Å². The van der Waals surface area contributed by atoms with Crippen LogP contribution in [0, 0.1) is 0 Å². The molecule has 4 heterocycles. The van der Waals surface area contributed by atoms with Crippen molar-refractivity contribution in [2.24, 2.45) is 0 Å². The minimum atomic E-state index is -0.0487. The SMILES string of the molecule is CCC(=O)Nc1ncccc1C1Cc2cc3nc(Cn4cc5c6c(c(Cl)ccc64)NC(=O)C5)[nH]c3cc2C1. The molecule has 0 saturated carbocycles. The van der Waals surface area contributed by atoms with Crippen LogP contribution in [-0.4, -0.2) is 31.3 Å². The van der Waals surface area contributed by atoms with Crippen LogP contribution in [0.15, 0.2) is 48.8 Å². The Labute approximate surface area is 223 Å². The molecule has 0 spiro atoms. The van der Waals surface area contributed by atoms with Crippen molar-refractivity contribution >= 4 is 56.9 Å². The van der Waals surface area contributed by atoms with Gasteiger partial charge in [-0.3, -0.25) is 9.59 Å². The number of H-pyrrole nitrogens is 1. The quantitative estimate of drug-likeness (QED) is 0.288. The predicted molar refractivity (Wildman–Crippen MR) is 148 cm³/mol. The van der Waals surface area contributed by atoms with Gasteiger partial charge in [0.05, 0.1) is 40.2 Å². The zero-order chi connectivity index (χ0) is 26.0. The van der Waals surface area contributed by atoms with Crippen LogP contribution >= 0.6 is 11.6 Å². The third kappa shape index (κ3) is 3.75. The summed E-state index contributed by atoms with van der Waals surface area (Å²) in [7, 11) is 0. The summed E-state index contributed by atoms with van der Waals surface area (Å²) in [5.41, 5.74) is 8.27. The molecule has 2 aromatic carbocycles. The first-order valence-electron chi connectivity index (χ1n) is 12.8. The second-order valence-electron chi connectivity index (χ2n) is 10.1. The van der Waals surface area contributed by atoms with Gasteiger partial charge < -0.3 is 20.2 Å². The minimum Gasteiger partial charge on any atom is -0.340 e. The molecule has 0 radical (unpaired) electrons. The van der Waals surface area contributed by atoms with Crippen molar-refractivity contribution < 1.29 is 9.59 Å². The zero-order valence-corrected chi connectivity index (χ0v) is 21.5. The Hall–Kier alpha value is -4.17. The smallest absolute Gasteiger partial charge is 0.228 e. The number of hydrogen-bond donors (Lipinski definition) is 3. The lowest BCUT2D eigenvalue weighted by molar-refractivity contribution is -0.116. The van der Waals surface area contributed by atoms with Crippen molar-refractivity contribution in [3.05, 3.63) is 81.9 Å². The van der Waals surface area contributed by atoms with Gasteiger partial charge in [0.25, 0.3) is 0 Å². The molecule has 8 nitrogen and oxygen atoms in total. The van der Waals surface area contributed by atoms with Gasteiger partial charge >= 0.3 is 0 Å². The Morgan fingerprint density at radius 1 is 1.18 bits per heavy atom. The monoisotopic (exact) mass is 524 g/mol. The maximum atomic E-state index is 12.2. The number of benzene rings is 2. The standard InChI is InChI=1S/C29H25ClN6O2/c1-2-25(37)35-29-19(4-3-7-31-29)17-8-15-10-21-22(11-16(15)9-17)33-24(32-21)14-36-13-18-12-26(38)34-28-20(30)5-6-23(36)27(18)28/h3-7,10-11,13,17H,2,8-9,12,14H2,1H3,(H,32,33)(H,34,38)(H,31,35,37). The highest BCUT2D eigenvalue weighted by Gasteiger charge is 2.27. The summed E-state index contributed by atoms with van der Waals surface area (Å²) in [5, 5.41) is 7.42. The molecule has 0 bridgehead atoms. The fraction of sp³-hybridized carbons (Fsp3) is 0.241. The fourth-order valence-electron chi connectivity index (χ4n) is 5.91. The van der Waals surface area contributed by atoms with Gasteiger partial charge in [-0.25, -0.2) is 9.97 Å². The van der Waals surface area contributed by atoms with Crippen LogP contribution < -0.4 is 10.6 Å². The Bertz CT molecular complexity index is 1740. The molecule has 3 aromatic heterocycles. The molecule has 0 saturated heterocycles. The summed E-state index contributed by atoms with van der Waals surface area (Å²) in [6.07, 6.45) is 6.27. The highest BCUT2D eigenvalue weighted by Crippen LogP contribution is 2.39. The fourth-order valence-corrected chi connectivity index (χ4v) is 6.11. The van der Waals surface area contributed by atoms with Crippen molar-refractivity contribution in [3.63, 3.8) is 0 Å². The van der Waals surface area contributed by atoms with Crippen molar-refractivity contribution in [2.75, 3.05) is 10.6 Å². The van der Waals surface area contributed by atoms with E-state index in [1.54, 1.807) is 6.20 Å². The van der Waals surface area contributed by atoms with Gasteiger partial charge in [0.1, 0.15) is 11.6 Å². The number of aromatic amines is 1. The second-order valence-corrected chi connectivity index (χ2v) is 10.5. The van der Waals surface area contributed by atoms with Crippen LogP contribution in [0.4, 0.5) is 11.5 Å². The first-order chi connectivity index (χ1) is 18.5. The lowest BCUT2D eigenvalue weighted by atomic mass is 9.96. The molecule has 1 unspecified atom stereocenters. The number of carbonyl (C=O) groups excluding carboxylic acids is 2. The number of aromatic nitrogens is 4. The van der Waals surface area contributed by atoms with Gasteiger partial charge in [-0.05, 0) is 71.3 Å². The summed E-state index contributed by atoms with van der Waals surface area (Å²) < 4.78 is 2.13. The molecular weight excluding hydrogens is 500 g/mol. The number of halogens is 1. The molecule has 1 aliphatic heterocycles. The minimum absolute atomic E-state index is 0.0307. The third-order valence-electron chi connectivity index (χ3n) is 7.65. The number of fused-ring (bicyclic) bond motifs is 2. The molecule has 5 aromatic rings. The van der Waals surface area contributed by atoms with Crippen LogP contribution in [0.2, 0.25) is 5.02 Å².